The Morgan fingerprint density at radius 3 is 2.62 bits per heavy atom. The van der Waals surface area contributed by atoms with E-state index in [-0.39, 0.29) is 0 Å². The third-order valence-electron chi connectivity index (χ3n) is 4.82. The summed E-state index contributed by atoms with van der Waals surface area (Å²) in [5, 5.41) is 5.49. The molecule has 0 bridgehead atoms. The molecule has 1 N–H and O–H groups in total. The van der Waals surface area contributed by atoms with Crippen LogP contribution in [-0.4, -0.2) is 43.6 Å². The van der Waals surface area contributed by atoms with Crippen LogP contribution < -0.4 is 9.62 Å². The molecule has 34 heavy (non-hydrogen) atoms. The van der Waals surface area contributed by atoms with Crippen LogP contribution in [0.25, 0.3) is 10.8 Å². The number of allylic oxidation sites excluding steroid dienone is 2. The molecule has 0 unspecified atom stereocenters. The van der Waals surface area contributed by atoms with Crippen LogP contribution in [0.4, 0.5) is 11.4 Å². The van der Waals surface area contributed by atoms with Crippen LogP contribution in [0.3, 0.4) is 0 Å². The van der Waals surface area contributed by atoms with E-state index in [0.717, 1.165) is 36.4 Å². The Labute approximate surface area is 206 Å². The summed E-state index contributed by atoms with van der Waals surface area (Å²) in [4.78, 5) is 18.3. The van der Waals surface area contributed by atoms with Gasteiger partial charge in [-0.05, 0) is 79.2 Å². The van der Waals surface area contributed by atoms with Crippen molar-refractivity contribution in [3.8, 4) is 0 Å². The highest BCUT2D eigenvalue weighted by Gasteiger charge is 2.11. The average Bonchev–Trinajstić information content (AvgIpc) is 2.92. The van der Waals surface area contributed by atoms with E-state index in [4.69, 9.17) is 4.74 Å². The van der Waals surface area contributed by atoms with Crippen molar-refractivity contribution < 1.29 is 9.53 Å². The van der Waals surface area contributed by atoms with Crippen LogP contribution >= 0.6 is 11.9 Å². The topological polar surface area (TPSA) is 66.8 Å². The van der Waals surface area contributed by atoms with Gasteiger partial charge in [0.15, 0.2) is 0 Å². The van der Waals surface area contributed by atoms with Crippen LogP contribution in [-0.2, 0) is 4.74 Å². The van der Waals surface area contributed by atoms with Gasteiger partial charge in [-0.15, -0.1) is 0 Å². The molecule has 0 spiro atoms. The minimum absolute atomic E-state index is 0.704. The first-order valence-corrected chi connectivity index (χ1v) is 11.9. The molecule has 0 aliphatic carbocycles. The number of nitrogens with zero attached hydrogens (tertiary/aromatic N) is 3. The molecule has 1 aliphatic heterocycles. The highest BCUT2D eigenvalue weighted by Crippen LogP contribution is 2.24. The van der Waals surface area contributed by atoms with E-state index >= 15 is 0 Å². The first-order valence-electron chi connectivity index (χ1n) is 10.9. The van der Waals surface area contributed by atoms with Gasteiger partial charge < -0.3 is 14.4 Å². The lowest BCUT2D eigenvalue weighted by Crippen LogP contribution is -2.26. The quantitative estimate of drug-likeness (QED) is 0.262. The van der Waals surface area contributed by atoms with Gasteiger partial charge in [-0.25, -0.2) is 0 Å². The molecule has 3 aromatic rings. The summed E-state index contributed by atoms with van der Waals surface area (Å²) >= 11 is 1.65. The van der Waals surface area contributed by atoms with Gasteiger partial charge >= 0.3 is 0 Å². The predicted octanol–water partition coefficient (Wildman–Crippen LogP) is 6.38. The number of hydrogen-bond donors (Lipinski definition) is 1. The molecule has 0 radical (unpaired) electrons. The zero-order valence-corrected chi connectivity index (χ0v) is 20.8. The number of rotatable bonds is 5. The summed E-state index contributed by atoms with van der Waals surface area (Å²) in [6.45, 7) is 9.07. The van der Waals surface area contributed by atoms with E-state index in [1.807, 2.05) is 63.5 Å². The van der Waals surface area contributed by atoms with Crippen molar-refractivity contribution in [2.75, 3.05) is 35.8 Å². The lowest BCUT2D eigenvalue weighted by molar-refractivity contribution is 0.112. The third kappa shape index (κ3) is 9.21. The number of carbonyl (C=O) groups is 1. The van der Waals surface area contributed by atoms with E-state index in [2.05, 4.69) is 44.4 Å². The van der Waals surface area contributed by atoms with Gasteiger partial charge in [0.25, 0.3) is 0 Å². The standard InChI is InChI=1S/C10H10N2.C10H11NO2S.C7H11N/c1-11-10-3-2-8-4-5-12-7-9(8)6-10;12-7-9-1-3-10(4-2-9)11-5-6-13-8-14-11;1-4-7(3)6-8-5-2/h2-7,11H,1H3;1-4,7H,5-6,8H2;4-6H,2H2,1,3H3/b;;7-4+,8-6?. The number of fused-ring (bicyclic) bond motifs is 1. The number of aromatic nitrogens is 1. The molecule has 2 heterocycles. The van der Waals surface area contributed by atoms with E-state index in [1.54, 1.807) is 24.4 Å². The van der Waals surface area contributed by atoms with Gasteiger partial charge in [0.05, 0.1) is 13.2 Å². The molecule has 1 aliphatic rings. The third-order valence-corrected chi connectivity index (χ3v) is 5.79. The van der Waals surface area contributed by atoms with E-state index in [9.17, 15) is 4.79 Å². The van der Waals surface area contributed by atoms with Gasteiger partial charge in [0.2, 0.25) is 0 Å². The van der Waals surface area contributed by atoms with Gasteiger partial charge in [-0.2, -0.15) is 0 Å². The van der Waals surface area contributed by atoms with E-state index < -0.39 is 0 Å². The van der Waals surface area contributed by atoms with Gasteiger partial charge in [0, 0.05) is 54.2 Å². The maximum atomic E-state index is 10.5. The van der Waals surface area contributed by atoms with Crippen molar-refractivity contribution in [3.05, 3.63) is 90.9 Å². The normalized spacial score (nSPS) is 13.4. The monoisotopic (exact) mass is 476 g/mol. The number of ether oxygens (including phenoxy) is 1. The number of anilines is 2. The smallest absolute Gasteiger partial charge is 0.150 e. The molecule has 2 aromatic carbocycles. The summed E-state index contributed by atoms with van der Waals surface area (Å²) in [5.41, 5.74) is 4.12. The summed E-state index contributed by atoms with van der Waals surface area (Å²) in [7, 11) is 1.91. The second kappa shape index (κ2) is 15.4. The fraction of sp³-hybridized carbons (Fsp3) is 0.222. The molecular weight excluding hydrogens is 444 g/mol. The van der Waals surface area contributed by atoms with Crippen molar-refractivity contribution in [1.82, 2.24) is 4.98 Å². The van der Waals surface area contributed by atoms with Gasteiger partial charge in [-0.1, -0.05) is 18.7 Å². The zero-order valence-electron chi connectivity index (χ0n) is 20.0. The first kappa shape index (κ1) is 26.8. The number of hydrogen-bond acceptors (Lipinski definition) is 7. The van der Waals surface area contributed by atoms with Crippen molar-refractivity contribution in [3.63, 3.8) is 0 Å². The highest BCUT2D eigenvalue weighted by atomic mass is 32.2. The van der Waals surface area contributed by atoms with Crippen LogP contribution in [0.5, 0.6) is 0 Å². The fourth-order valence-corrected chi connectivity index (χ4v) is 3.57. The zero-order chi connectivity index (χ0) is 24.6. The summed E-state index contributed by atoms with van der Waals surface area (Å²) in [6, 6.07) is 15.8. The van der Waals surface area contributed by atoms with Crippen LogP contribution in [0.2, 0.25) is 0 Å². The van der Waals surface area contributed by atoms with Crippen LogP contribution in [0, 0.1) is 0 Å². The highest BCUT2D eigenvalue weighted by molar-refractivity contribution is 8.00. The second-order valence-corrected chi connectivity index (χ2v) is 8.08. The number of aldehydes is 1. The summed E-state index contributed by atoms with van der Waals surface area (Å²) in [5.74, 6) is 0.704. The van der Waals surface area contributed by atoms with Gasteiger partial charge in [-0.3, -0.25) is 14.8 Å². The molecule has 0 atom stereocenters. The minimum atomic E-state index is 0.704. The molecule has 1 saturated heterocycles. The predicted molar refractivity (Wildman–Crippen MR) is 147 cm³/mol. The Hall–Kier alpha value is -3.42. The number of carbonyl (C=O) groups excluding carboxylic acids is 1. The molecule has 0 saturated carbocycles. The molecule has 1 aromatic heterocycles. The Kier molecular flexibility index (Phi) is 12.2. The summed E-state index contributed by atoms with van der Waals surface area (Å²) in [6.07, 6.45) is 9.82. The lowest BCUT2D eigenvalue weighted by atomic mass is 10.1. The van der Waals surface area contributed by atoms with Crippen molar-refractivity contribution in [2.45, 2.75) is 13.8 Å². The molecule has 4 rings (SSSR count). The Balaban J connectivity index is 0.000000188. The molecule has 1 fully saturated rings. The van der Waals surface area contributed by atoms with Crippen LogP contribution in [0.15, 0.2) is 90.3 Å². The second-order valence-electron chi connectivity index (χ2n) is 7.15. The van der Waals surface area contributed by atoms with Crippen molar-refractivity contribution >= 4 is 46.6 Å². The molecular formula is C27H32N4O2S. The summed E-state index contributed by atoms with van der Waals surface area (Å²) < 4.78 is 7.41. The molecule has 0 amide bonds. The number of nitrogens with one attached hydrogen (secondary N) is 1. The Bertz CT molecular complexity index is 1090. The lowest BCUT2D eigenvalue weighted by Gasteiger charge is -2.27. The fourth-order valence-electron chi connectivity index (χ4n) is 2.78. The maximum Gasteiger partial charge on any atom is 0.150 e. The first-order chi connectivity index (χ1) is 16.6. The number of pyridine rings is 1. The van der Waals surface area contributed by atoms with Crippen LogP contribution in [0.1, 0.15) is 24.2 Å². The Morgan fingerprint density at radius 1 is 1.21 bits per heavy atom. The SMILES string of the molecule is C=CN=C/C(C)=C/C.CNc1ccc2ccncc2c1.O=Cc1ccc(N2CCOCS2)cc1. The minimum Gasteiger partial charge on any atom is -0.388 e. The average molecular weight is 477 g/mol. The van der Waals surface area contributed by atoms with E-state index in [0.29, 0.717) is 11.5 Å². The maximum absolute atomic E-state index is 10.5. The van der Waals surface area contributed by atoms with Gasteiger partial charge in [0.1, 0.15) is 12.2 Å². The molecule has 178 valence electrons. The largest absolute Gasteiger partial charge is 0.388 e. The van der Waals surface area contributed by atoms with Crippen molar-refractivity contribution in [1.29, 1.82) is 0 Å². The Morgan fingerprint density at radius 2 is 2.00 bits per heavy atom. The molecule has 6 nitrogen and oxygen atoms in total. The number of aliphatic imine (C=N–C) groups is 1. The van der Waals surface area contributed by atoms with Crippen molar-refractivity contribution in [2.24, 2.45) is 4.99 Å². The number of benzene rings is 2. The molecule has 7 heteroatoms. The van der Waals surface area contributed by atoms with E-state index in [1.165, 1.54) is 17.0 Å².